The van der Waals surface area contributed by atoms with Gasteiger partial charge in [-0.3, -0.25) is 0 Å². The molecule has 0 aliphatic carbocycles. The molecule has 1 aromatic rings. The van der Waals surface area contributed by atoms with Gasteiger partial charge in [-0.2, -0.15) is 5.26 Å². The predicted molar refractivity (Wildman–Crippen MR) is 55.1 cm³/mol. The Morgan fingerprint density at radius 2 is 1.69 bits per heavy atom. The average Bonchev–Trinajstić information content (AvgIpc) is 2.09. The molecule has 0 amide bonds. The third-order valence-corrected chi connectivity index (χ3v) is 1.95. The second-order valence-corrected chi connectivity index (χ2v) is 3.35. The van der Waals surface area contributed by atoms with Gasteiger partial charge in [-0.05, 0) is 26.3 Å². The van der Waals surface area contributed by atoms with Gasteiger partial charge in [-0.25, -0.2) is 0 Å². The Morgan fingerprint density at radius 1 is 1.15 bits per heavy atom. The van der Waals surface area contributed by atoms with Crippen molar-refractivity contribution in [3.05, 3.63) is 41.0 Å². The minimum atomic E-state index is 0.778. The number of allylic oxidation sites excluding steroid dienone is 2. The van der Waals surface area contributed by atoms with Gasteiger partial charge in [0.15, 0.2) is 0 Å². The first-order valence-corrected chi connectivity index (χ1v) is 4.29. The molecule has 0 aliphatic rings. The molecule has 0 spiro atoms. The van der Waals surface area contributed by atoms with E-state index in [1.807, 2.05) is 45.0 Å². The van der Waals surface area contributed by atoms with Crippen LogP contribution in [0.2, 0.25) is 0 Å². The zero-order chi connectivity index (χ0) is 9.84. The molecule has 1 heteroatoms. The topological polar surface area (TPSA) is 23.8 Å². The first-order chi connectivity index (χ1) is 6.15. The fourth-order valence-corrected chi connectivity index (χ4v) is 1.19. The van der Waals surface area contributed by atoms with Gasteiger partial charge in [0.2, 0.25) is 0 Å². The molecule has 0 atom stereocenters. The molecule has 0 heterocycles. The molecule has 0 unspecified atom stereocenters. The molecule has 13 heavy (non-hydrogen) atoms. The van der Waals surface area contributed by atoms with Gasteiger partial charge < -0.3 is 0 Å². The van der Waals surface area contributed by atoms with E-state index in [1.165, 1.54) is 5.56 Å². The Labute approximate surface area is 79.3 Å². The van der Waals surface area contributed by atoms with Crippen molar-refractivity contribution < 1.29 is 0 Å². The summed E-state index contributed by atoms with van der Waals surface area (Å²) in [6.45, 7) is 5.95. The van der Waals surface area contributed by atoms with Gasteiger partial charge in [-0.15, -0.1) is 0 Å². The van der Waals surface area contributed by atoms with E-state index in [9.17, 15) is 0 Å². The summed E-state index contributed by atoms with van der Waals surface area (Å²) in [6, 6.07) is 10.2. The number of benzene rings is 1. The lowest BCUT2D eigenvalue weighted by Crippen LogP contribution is -1.84. The Bertz CT molecular complexity index is 359. The van der Waals surface area contributed by atoms with Gasteiger partial charge in [0.25, 0.3) is 0 Å². The van der Waals surface area contributed by atoms with Crippen LogP contribution in [0.4, 0.5) is 0 Å². The molecule has 0 saturated heterocycles. The quantitative estimate of drug-likeness (QED) is 0.595. The molecule has 66 valence electrons. The van der Waals surface area contributed by atoms with E-state index in [0.717, 1.165) is 16.7 Å². The van der Waals surface area contributed by atoms with Crippen molar-refractivity contribution >= 4 is 5.57 Å². The van der Waals surface area contributed by atoms with Crippen molar-refractivity contribution in [1.29, 1.82) is 5.26 Å². The van der Waals surface area contributed by atoms with Gasteiger partial charge in [0.1, 0.15) is 0 Å². The second kappa shape index (κ2) is 3.91. The van der Waals surface area contributed by atoms with E-state index in [0.29, 0.717) is 0 Å². The van der Waals surface area contributed by atoms with Crippen LogP contribution in [0, 0.1) is 18.3 Å². The highest BCUT2D eigenvalue weighted by molar-refractivity contribution is 5.78. The molecule has 0 bridgehead atoms. The van der Waals surface area contributed by atoms with Crippen LogP contribution < -0.4 is 0 Å². The maximum absolute atomic E-state index is 8.91. The highest BCUT2D eigenvalue weighted by atomic mass is 14.2. The second-order valence-electron chi connectivity index (χ2n) is 3.35. The molecule has 0 N–H and O–H groups in total. The summed E-state index contributed by atoms with van der Waals surface area (Å²) in [5, 5.41) is 8.91. The van der Waals surface area contributed by atoms with Gasteiger partial charge in [-0.1, -0.05) is 35.4 Å². The number of hydrogen-bond donors (Lipinski definition) is 0. The molecule has 0 saturated carbocycles. The third kappa shape index (κ3) is 2.19. The van der Waals surface area contributed by atoms with Crippen LogP contribution in [0.1, 0.15) is 25.0 Å². The maximum atomic E-state index is 8.91. The smallest absolute Gasteiger partial charge is 0.0997 e. The Balaban J connectivity index is 3.17. The van der Waals surface area contributed by atoms with Gasteiger partial charge >= 0.3 is 0 Å². The summed E-state index contributed by atoms with van der Waals surface area (Å²) in [5.74, 6) is 0. The lowest BCUT2D eigenvalue weighted by molar-refractivity contribution is 1.37. The summed E-state index contributed by atoms with van der Waals surface area (Å²) in [7, 11) is 0. The Kier molecular flexibility index (Phi) is 2.87. The normalized spacial score (nSPS) is 9.08. The fourth-order valence-electron chi connectivity index (χ4n) is 1.19. The molecular weight excluding hydrogens is 158 g/mol. The zero-order valence-electron chi connectivity index (χ0n) is 8.26. The van der Waals surface area contributed by atoms with Crippen molar-refractivity contribution in [2.45, 2.75) is 20.8 Å². The summed E-state index contributed by atoms with van der Waals surface area (Å²) in [5.41, 5.74) is 4.06. The molecule has 0 aliphatic heterocycles. The van der Waals surface area contributed by atoms with Crippen molar-refractivity contribution in [3.8, 4) is 6.07 Å². The van der Waals surface area contributed by atoms with Gasteiger partial charge in [0, 0.05) is 0 Å². The minimum absolute atomic E-state index is 0.778. The van der Waals surface area contributed by atoms with Crippen molar-refractivity contribution in [2.24, 2.45) is 0 Å². The molecule has 1 nitrogen and oxygen atoms in total. The summed E-state index contributed by atoms with van der Waals surface area (Å²) in [6.07, 6.45) is 0. The Hall–Kier alpha value is -1.55. The molecule has 1 aromatic carbocycles. The summed E-state index contributed by atoms with van der Waals surface area (Å²) >= 11 is 0. The van der Waals surface area contributed by atoms with E-state index in [-0.39, 0.29) is 0 Å². The highest BCUT2D eigenvalue weighted by Crippen LogP contribution is 2.17. The van der Waals surface area contributed by atoms with Crippen LogP contribution in [-0.2, 0) is 0 Å². The van der Waals surface area contributed by atoms with Crippen LogP contribution in [0.3, 0.4) is 0 Å². The first-order valence-electron chi connectivity index (χ1n) is 4.29. The molecule has 1 rings (SSSR count). The van der Waals surface area contributed by atoms with Gasteiger partial charge in [0.05, 0.1) is 11.6 Å². The molecule has 0 radical (unpaired) electrons. The van der Waals surface area contributed by atoms with Crippen LogP contribution >= 0.6 is 0 Å². The maximum Gasteiger partial charge on any atom is 0.0997 e. The largest absolute Gasteiger partial charge is 0.192 e. The van der Waals surface area contributed by atoms with E-state index in [1.54, 1.807) is 0 Å². The van der Waals surface area contributed by atoms with E-state index >= 15 is 0 Å². The third-order valence-electron chi connectivity index (χ3n) is 1.95. The number of rotatable bonds is 1. The standard InChI is InChI=1S/C12H13N/c1-9(2)12(8-13)11-6-4-10(3)5-7-11/h4-7H,1-3H3. The number of aryl methyl sites for hydroxylation is 1. The van der Waals surface area contributed by atoms with E-state index in [2.05, 4.69) is 6.07 Å². The molecule has 0 fully saturated rings. The van der Waals surface area contributed by atoms with Crippen LogP contribution in [-0.4, -0.2) is 0 Å². The lowest BCUT2D eigenvalue weighted by Gasteiger charge is -2.01. The van der Waals surface area contributed by atoms with Crippen LogP contribution in [0.5, 0.6) is 0 Å². The number of nitrogens with zero attached hydrogens (tertiary/aromatic N) is 1. The van der Waals surface area contributed by atoms with Crippen molar-refractivity contribution in [2.75, 3.05) is 0 Å². The van der Waals surface area contributed by atoms with Crippen molar-refractivity contribution in [1.82, 2.24) is 0 Å². The van der Waals surface area contributed by atoms with E-state index < -0.39 is 0 Å². The predicted octanol–water partition coefficient (Wildman–Crippen LogP) is 3.31. The average molecular weight is 171 g/mol. The summed E-state index contributed by atoms with van der Waals surface area (Å²) in [4.78, 5) is 0. The first kappa shape index (κ1) is 9.54. The Morgan fingerprint density at radius 3 is 2.08 bits per heavy atom. The van der Waals surface area contributed by atoms with Crippen molar-refractivity contribution in [3.63, 3.8) is 0 Å². The molecule has 0 aromatic heterocycles. The highest BCUT2D eigenvalue weighted by Gasteiger charge is 2.00. The zero-order valence-corrected chi connectivity index (χ0v) is 8.26. The number of hydrogen-bond acceptors (Lipinski definition) is 1. The number of nitriles is 1. The molecular formula is C12H13N. The SMILES string of the molecule is CC(C)=C(C#N)c1ccc(C)cc1. The van der Waals surface area contributed by atoms with Crippen LogP contribution in [0.15, 0.2) is 29.8 Å². The summed E-state index contributed by atoms with van der Waals surface area (Å²) < 4.78 is 0. The monoisotopic (exact) mass is 171 g/mol. The minimum Gasteiger partial charge on any atom is -0.192 e. The van der Waals surface area contributed by atoms with Crippen LogP contribution in [0.25, 0.3) is 5.57 Å². The fraction of sp³-hybridized carbons (Fsp3) is 0.250. The lowest BCUT2D eigenvalue weighted by atomic mass is 10.0. The van der Waals surface area contributed by atoms with E-state index in [4.69, 9.17) is 5.26 Å².